The molecule has 0 aliphatic carbocycles. The summed E-state index contributed by atoms with van der Waals surface area (Å²) >= 11 is 0. The number of rotatable bonds is 1. The Kier molecular flexibility index (Phi) is 3.97. The van der Waals surface area contributed by atoms with Crippen molar-refractivity contribution in [1.29, 1.82) is 0 Å². The standard InChI is InChI=1S/C25H30NSi/c1-17-12-15-21(26(5)16-17)23-18(2)13-14-20-24(23)27(6,7)22-11-9-8-10-19(22)25(20,3)4/h8-16H,1-7H3/q+1. The highest BCUT2D eigenvalue weighted by Gasteiger charge is 2.45. The summed E-state index contributed by atoms with van der Waals surface area (Å²) in [4.78, 5) is 0. The Morgan fingerprint density at radius 1 is 0.852 bits per heavy atom. The summed E-state index contributed by atoms with van der Waals surface area (Å²) in [6.07, 6.45) is 2.24. The van der Waals surface area contributed by atoms with E-state index in [2.05, 4.69) is 107 Å². The van der Waals surface area contributed by atoms with Gasteiger partial charge in [0.1, 0.15) is 15.1 Å². The van der Waals surface area contributed by atoms with Gasteiger partial charge in [-0.3, -0.25) is 0 Å². The van der Waals surface area contributed by atoms with Crippen molar-refractivity contribution in [3.8, 4) is 11.3 Å². The molecule has 0 spiro atoms. The topological polar surface area (TPSA) is 3.88 Å². The highest BCUT2D eigenvalue weighted by atomic mass is 28.3. The lowest BCUT2D eigenvalue weighted by Crippen LogP contribution is -2.63. The van der Waals surface area contributed by atoms with E-state index >= 15 is 0 Å². The Bertz CT molecular complexity index is 1060. The summed E-state index contributed by atoms with van der Waals surface area (Å²) in [6, 6.07) is 18.4. The molecule has 4 rings (SSSR count). The molecule has 0 N–H and O–H groups in total. The molecular formula is C25H30NSi+. The van der Waals surface area contributed by atoms with Gasteiger partial charge in [0.2, 0.25) is 5.69 Å². The minimum absolute atomic E-state index is 0.0279. The normalized spacial score (nSPS) is 16.6. The first-order chi connectivity index (χ1) is 12.7. The van der Waals surface area contributed by atoms with E-state index in [4.69, 9.17) is 0 Å². The number of hydrogen-bond acceptors (Lipinski definition) is 0. The van der Waals surface area contributed by atoms with Gasteiger partial charge in [-0.1, -0.05) is 68.5 Å². The average Bonchev–Trinajstić information content (AvgIpc) is 2.61. The molecule has 0 radical (unpaired) electrons. The van der Waals surface area contributed by atoms with E-state index in [1.165, 1.54) is 33.5 Å². The zero-order valence-electron chi connectivity index (χ0n) is 17.6. The summed E-state index contributed by atoms with van der Waals surface area (Å²) in [7, 11) is 0.349. The number of aryl methyl sites for hydroxylation is 3. The monoisotopic (exact) mass is 372 g/mol. The van der Waals surface area contributed by atoms with Gasteiger partial charge in [-0.15, -0.1) is 0 Å². The third-order valence-electron chi connectivity index (χ3n) is 6.52. The number of benzene rings is 2. The number of nitrogens with zero attached hydrogens (tertiary/aromatic N) is 1. The molecule has 0 saturated carbocycles. The molecule has 1 nitrogen and oxygen atoms in total. The molecule has 0 fully saturated rings. The molecule has 1 aliphatic heterocycles. The third kappa shape index (κ3) is 2.54. The van der Waals surface area contributed by atoms with E-state index in [0.29, 0.717) is 0 Å². The summed E-state index contributed by atoms with van der Waals surface area (Å²) in [5.41, 5.74) is 8.51. The fourth-order valence-electron chi connectivity index (χ4n) is 5.07. The van der Waals surface area contributed by atoms with Crippen molar-refractivity contribution in [2.75, 3.05) is 0 Å². The number of pyridine rings is 1. The van der Waals surface area contributed by atoms with Crippen LogP contribution in [0.3, 0.4) is 0 Å². The number of fused-ring (bicyclic) bond motifs is 2. The van der Waals surface area contributed by atoms with Crippen LogP contribution in [-0.4, -0.2) is 8.07 Å². The number of hydrogen-bond donors (Lipinski definition) is 0. The van der Waals surface area contributed by atoms with Crippen LogP contribution in [0.2, 0.25) is 13.1 Å². The molecule has 3 aromatic rings. The van der Waals surface area contributed by atoms with Gasteiger partial charge in [-0.25, -0.2) is 4.57 Å². The van der Waals surface area contributed by atoms with Crippen LogP contribution in [0.1, 0.15) is 36.1 Å². The Balaban J connectivity index is 2.13. The van der Waals surface area contributed by atoms with Crippen LogP contribution in [0.5, 0.6) is 0 Å². The third-order valence-corrected chi connectivity index (χ3v) is 10.1. The second kappa shape index (κ2) is 5.90. The summed E-state index contributed by atoms with van der Waals surface area (Å²) < 4.78 is 2.30. The van der Waals surface area contributed by atoms with Crippen molar-refractivity contribution in [2.45, 2.75) is 46.2 Å². The highest BCUT2D eigenvalue weighted by Crippen LogP contribution is 2.38. The van der Waals surface area contributed by atoms with E-state index in [1.807, 2.05) is 0 Å². The first-order valence-corrected chi connectivity index (χ1v) is 12.9. The molecule has 2 heteroatoms. The molecule has 0 unspecified atom stereocenters. The Morgan fingerprint density at radius 2 is 1.56 bits per heavy atom. The highest BCUT2D eigenvalue weighted by molar-refractivity contribution is 7.02. The summed E-state index contributed by atoms with van der Waals surface area (Å²) in [6.45, 7) is 14.3. The van der Waals surface area contributed by atoms with Gasteiger partial charge in [-0.05, 0) is 41.8 Å². The van der Waals surface area contributed by atoms with Crippen molar-refractivity contribution < 1.29 is 4.57 Å². The van der Waals surface area contributed by atoms with Gasteiger partial charge in [0.05, 0.1) is 0 Å². The molecule has 1 aromatic heterocycles. The van der Waals surface area contributed by atoms with Crippen LogP contribution in [0.4, 0.5) is 0 Å². The number of aromatic nitrogens is 1. The largest absolute Gasteiger partial charge is 0.212 e. The van der Waals surface area contributed by atoms with Gasteiger partial charge in [0.15, 0.2) is 6.20 Å². The van der Waals surface area contributed by atoms with Crippen LogP contribution in [-0.2, 0) is 12.5 Å². The second-order valence-corrected chi connectivity index (χ2v) is 13.5. The maximum atomic E-state index is 2.52. The minimum atomic E-state index is -1.83. The Labute approximate surface area is 164 Å². The molecule has 0 atom stereocenters. The van der Waals surface area contributed by atoms with Crippen molar-refractivity contribution >= 4 is 18.4 Å². The molecular weight excluding hydrogens is 342 g/mol. The van der Waals surface area contributed by atoms with E-state index < -0.39 is 8.07 Å². The summed E-state index contributed by atoms with van der Waals surface area (Å²) in [5, 5.41) is 3.20. The second-order valence-electron chi connectivity index (χ2n) is 9.18. The van der Waals surface area contributed by atoms with Crippen LogP contribution < -0.4 is 14.9 Å². The first kappa shape index (κ1) is 18.2. The van der Waals surface area contributed by atoms with Gasteiger partial charge >= 0.3 is 0 Å². The van der Waals surface area contributed by atoms with Crippen LogP contribution in [0, 0.1) is 13.8 Å². The molecule has 2 aromatic carbocycles. The predicted molar refractivity (Wildman–Crippen MR) is 118 cm³/mol. The van der Waals surface area contributed by atoms with Crippen LogP contribution in [0.25, 0.3) is 11.3 Å². The van der Waals surface area contributed by atoms with Gasteiger partial charge < -0.3 is 0 Å². The first-order valence-electron chi connectivity index (χ1n) is 9.87. The van der Waals surface area contributed by atoms with E-state index in [-0.39, 0.29) is 5.41 Å². The lowest BCUT2D eigenvalue weighted by Gasteiger charge is -2.44. The predicted octanol–water partition coefficient (Wildman–Crippen LogP) is 4.26. The van der Waals surface area contributed by atoms with Crippen molar-refractivity contribution in [3.05, 3.63) is 77.0 Å². The minimum Gasteiger partial charge on any atom is -0.201 e. The average molecular weight is 373 g/mol. The van der Waals surface area contributed by atoms with Crippen LogP contribution in [0.15, 0.2) is 54.7 Å². The Morgan fingerprint density at radius 3 is 2.26 bits per heavy atom. The smallest absolute Gasteiger partial charge is 0.201 e. The van der Waals surface area contributed by atoms with Gasteiger partial charge in [0, 0.05) is 22.6 Å². The molecule has 2 heterocycles. The molecule has 138 valence electrons. The molecule has 0 saturated heterocycles. The van der Waals surface area contributed by atoms with E-state index in [9.17, 15) is 0 Å². The van der Waals surface area contributed by atoms with Crippen LogP contribution >= 0.6 is 0 Å². The SMILES string of the molecule is Cc1ccc(-c2c(C)ccc3c2[Si](C)(C)c2ccccc2C3(C)C)[n+](C)c1. The van der Waals surface area contributed by atoms with Gasteiger partial charge in [-0.2, -0.15) is 0 Å². The zero-order valence-corrected chi connectivity index (χ0v) is 18.6. The Hall–Kier alpha value is -2.19. The van der Waals surface area contributed by atoms with Crippen molar-refractivity contribution in [2.24, 2.45) is 7.05 Å². The van der Waals surface area contributed by atoms with Crippen molar-refractivity contribution in [3.63, 3.8) is 0 Å². The summed E-state index contributed by atoms with van der Waals surface area (Å²) in [5.74, 6) is 0. The zero-order chi connectivity index (χ0) is 19.6. The quantitative estimate of drug-likeness (QED) is 0.444. The van der Waals surface area contributed by atoms with Gasteiger partial charge in [0.25, 0.3) is 0 Å². The fraction of sp³-hybridized carbons (Fsp3) is 0.320. The fourth-order valence-corrected chi connectivity index (χ4v) is 8.94. The maximum absolute atomic E-state index is 2.52. The van der Waals surface area contributed by atoms with E-state index in [0.717, 1.165) is 0 Å². The molecule has 1 aliphatic rings. The lowest BCUT2D eigenvalue weighted by molar-refractivity contribution is -0.660. The maximum Gasteiger partial charge on any atom is 0.212 e. The van der Waals surface area contributed by atoms with E-state index in [1.54, 1.807) is 10.4 Å². The molecule has 0 bridgehead atoms. The molecule has 0 amide bonds. The van der Waals surface area contributed by atoms with Crippen molar-refractivity contribution in [1.82, 2.24) is 0 Å². The molecule has 27 heavy (non-hydrogen) atoms. The lowest BCUT2D eigenvalue weighted by atomic mass is 9.76.